The van der Waals surface area contributed by atoms with Crippen molar-refractivity contribution in [2.24, 2.45) is 4.99 Å². The van der Waals surface area contributed by atoms with Crippen LogP contribution in [0.5, 0.6) is 0 Å². The molecule has 2 saturated heterocycles. The maximum atomic E-state index is 12.5. The maximum absolute atomic E-state index is 12.5. The van der Waals surface area contributed by atoms with E-state index in [4.69, 9.17) is 14.5 Å². The van der Waals surface area contributed by atoms with E-state index in [-0.39, 0.29) is 36.0 Å². The summed E-state index contributed by atoms with van der Waals surface area (Å²) in [5.74, 6) is 1.05. The number of halogens is 1. The smallest absolute Gasteiger partial charge is 0.251 e. The summed E-state index contributed by atoms with van der Waals surface area (Å²) in [4.78, 5) is 21.6. The molecule has 8 heteroatoms. The van der Waals surface area contributed by atoms with E-state index in [9.17, 15) is 4.79 Å². The molecule has 0 radical (unpaired) electrons. The molecule has 29 heavy (non-hydrogen) atoms. The van der Waals surface area contributed by atoms with Crippen LogP contribution in [0.3, 0.4) is 0 Å². The van der Waals surface area contributed by atoms with Crippen molar-refractivity contribution in [3.8, 4) is 0 Å². The predicted octanol–water partition coefficient (Wildman–Crippen LogP) is 2.24. The van der Waals surface area contributed by atoms with Gasteiger partial charge < -0.3 is 24.6 Å². The molecule has 0 aliphatic carbocycles. The highest BCUT2D eigenvalue weighted by Gasteiger charge is 2.30. The molecule has 2 aliphatic heterocycles. The van der Waals surface area contributed by atoms with Crippen molar-refractivity contribution < 1.29 is 14.3 Å². The third-order valence-electron chi connectivity index (χ3n) is 5.25. The third-order valence-corrected chi connectivity index (χ3v) is 5.25. The van der Waals surface area contributed by atoms with E-state index in [1.165, 1.54) is 5.56 Å². The number of nitrogens with one attached hydrogen (secondary N) is 1. The molecule has 1 aromatic carbocycles. The lowest BCUT2D eigenvalue weighted by molar-refractivity contribution is -0.142. The van der Waals surface area contributed by atoms with Crippen LogP contribution in [-0.2, 0) is 27.4 Å². The Balaban J connectivity index is 0.00000300. The molecule has 2 aliphatic rings. The van der Waals surface area contributed by atoms with E-state index in [1.54, 1.807) is 7.11 Å². The summed E-state index contributed by atoms with van der Waals surface area (Å²) in [7, 11) is 1.71. The summed E-state index contributed by atoms with van der Waals surface area (Å²) in [6.07, 6.45) is 1.60. The zero-order valence-electron chi connectivity index (χ0n) is 17.4. The zero-order chi connectivity index (χ0) is 19.8. The van der Waals surface area contributed by atoms with E-state index in [1.807, 2.05) is 17.0 Å². The van der Waals surface area contributed by atoms with E-state index in [0.29, 0.717) is 32.8 Å². The highest BCUT2D eigenvalue weighted by atomic mass is 127. The Morgan fingerprint density at radius 2 is 1.90 bits per heavy atom. The summed E-state index contributed by atoms with van der Waals surface area (Å²) in [5.41, 5.74) is 2.34. The first kappa shape index (κ1) is 23.9. The fourth-order valence-corrected chi connectivity index (χ4v) is 3.71. The zero-order valence-corrected chi connectivity index (χ0v) is 19.8. The molecular weight excluding hydrogens is 483 g/mol. The van der Waals surface area contributed by atoms with Gasteiger partial charge >= 0.3 is 0 Å². The summed E-state index contributed by atoms with van der Waals surface area (Å²) in [6.45, 7) is 7.78. The number of carbonyl (C=O) groups excluding carboxylic acids is 1. The van der Waals surface area contributed by atoms with Gasteiger partial charge in [0.15, 0.2) is 5.96 Å². The van der Waals surface area contributed by atoms with Gasteiger partial charge in [0.1, 0.15) is 6.10 Å². The number of hydrogen-bond donors (Lipinski definition) is 1. The Labute approximate surface area is 190 Å². The van der Waals surface area contributed by atoms with Crippen LogP contribution in [0, 0.1) is 0 Å². The monoisotopic (exact) mass is 516 g/mol. The molecule has 1 amide bonds. The lowest BCUT2D eigenvalue weighted by Crippen LogP contribution is -2.55. The van der Waals surface area contributed by atoms with Gasteiger partial charge in [-0.15, -0.1) is 24.0 Å². The van der Waals surface area contributed by atoms with Crippen LogP contribution in [0.4, 0.5) is 0 Å². The van der Waals surface area contributed by atoms with Gasteiger partial charge in [0.05, 0.1) is 13.2 Å². The second-order valence-corrected chi connectivity index (χ2v) is 7.19. The average Bonchev–Trinajstić information content (AvgIpc) is 3.27. The van der Waals surface area contributed by atoms with Crippen molar-refractivity contribution in [2.45, 2.75) is 39.0 Å². The largest absolute Gasteiger partial charge is 0.380 e. The molecule has 0 saturated carbocycles. The lowest BCUT2D eigenvalue weighted by atomic mass is 10.1. The Morgan fingerprint density at radius 1 is 1.21 bits per heavy atom. The number of rotatable bonds is 6. The molecular formula is C21H33IN4O3. The van der Waals surface area contributed by atoms with Crippen molar-refractivity contribution in [3.63, 3.8) is 0 Å². The number of methoxy groups -OCH3 is 1. The third kappa shape index (κ3) is 6.55. The molecule has 1 N–H and O–H groups in total. The topological polar surface area (TPSA) is 66.4 Å². The molecule has 2 fully saturated rings. The Kier molecular flexibility index (Phi) is 10.2. The van der Waals surface area contributed by atoms with E-state index in [0.717, 1.165) is 44.0 Å². The minimum atomic E-state index is -0.231. The van der Waals surface area contributed by atoms with E-state index >= 15 is 0 Å². The van der Waals surface area contributed by atoms with Crippen LogP contribution in [-0.4, -0.2) is 74.2 Å². The van der Waals surface area contributed by atoms with Crippen molar-refractivity contribution >= 4 is 35.8 Å². The normalized spacial score (nSPS) is 19.8. The van der Waals surface area contributed by atoms with Crippen molar-refractivity contribution in [1.82, 2.24) is 15.1 Å². The molecule has 162 valence electrons. The highest BCUT2D eigenvalue weighted by molar-refractivity contribution is 14.0. The van der Waals surface area contributed by atoms with Gasteiger partial charge in [-0.25, -0.2) is 4.99 Å². The van der Waals surface area contributed by atoms with Crippen LogP contribution < -0.4 is 5.32 Å². The van der Waals surface area contributed by atoms with Crippen molar-refractivity contribution in [2.75, 3.05) is 46.4 Å². The second kappa shape index (κ2) is 12.3. The van der Waals surface area contributed by atoms with Gasteiger partial charge in [0.25, 0.3) is 5.91 Å². The summed E-state index contributed by atoms with van der Waals surface area (Å²) in [6, 6.07) is 8.24. The van der Waals surface area contributed by atoms with Crippen LogP contribution >= 0.6 is 24.0 Å². The van der Waals surface area contributed by atoms with Crippen LogP contribution in [0.2, 0.25) is 0 Å². The molecule has 0 bridgehead atoms. The maximum Gasteiger partial charge on any atom is 0.251 e. The van der Waals surface area contributed by atoms with Crippen molar-refractivity contribution in [1.29, 1.82) is 0 Å². The molecule has 0 aromatic heterocycles. The molecule has 7 nitrogen and oxygen atoms in total. The molecule has 1 atom stereocenters. The summed E-state index contributed by atoms with van der Waals surface area (Å²) < 4.78 is 10.8. The Morgan fingerprint density at radius 3 is 2.52 bits per heavy atom. The number of aliphatic imine (C=N–C) groups is 1. The fourth-order valence-electron chi connectivity index (χ4n) is 3.71. The van der Waals surface area contributed by atoms with Gasteiger partial charge in [0, 0.05) is 46.4 Å². The minimum Gasteiger partial charge on any atom is -0.380 e. The number of amides is 1. The van der Waals surface area contributed by atoms with Gasteiger partial charge in [0.2, 0.25) is 0 Å². The predicted molar refractivity (Wildman–Crippen MR) is 125 cm³/mol. The number of guanidine groups is 1. The highest BCUT2D eigenvalue weighted by Crippen LogP contribution is 2.16. The van der Waals surface area contributed by atoms with Gasteiger partial charge in [-0.05, 0) is 30.9 Å². The first-order chi connectivity index (χ1) is 13.7. The number of hydrogen-bond acceptors (Lipinski definition) is 4. The van der Waals surface area contributed by atoms with Crippen LogP contribution in [0.1, 0.15) is 30.9 Å². The van der Waals surface area contributed by atoms with Gasteiger partial charge in [-0.3, -0.25) is 4.79 Å². The second-order valence-electron chi connectivity index (χ2n) is 7.19. The van der Waals surface area contributed by atoms with Crippen LogP contribution in [0.25, 0.3) is 0 Å². The average molecular weight is 516 g/mol. The minimum absolute atomic E-state index is 0. The van der Waals surface area contributed by atoms with Gasteiger partial charge in [-0.1, -0.05) is 24.3 Å². The first-order valence-corrected chi connectivity index (χ1v) is 10.2. The van der Waals surface area contributed by atoms with Crippen molar-refractivity contribution in [3.05, 3.63) is 35.4 Å². The van der Waals surface area contributed by atoms with Gasteiger partial charge in [-0.2, -0.15) is 0 Å². The van der Waals surface area contributed by atoms with Crippen LogP contribution in [0.15, 0.2) is 29.3 Å². The van der Waals surface area contributed by atoms with E-state index < -0.39 is 0 Å². The SMILES string of the molecule is CCNC(=NCc1ccccc1COC)N1CCN(C(=O)C2CCCO2)CC1.I. The quantitative estimate of drug-likeness (QED) is 0.357. The van der Waals surface area contributed by atoms with E-state index in [2.05, 4.69) is 29.3 Å². The lowest BCUT2D eigenvalue weighted by Gasteiger charge is -2.37. The summed E-state index contributed by atoms with van der Waals surface area (Å²) >= 11 is 0. The Hall–Kier alpha value is -1.39. The number of nitrogens with zero attached hydrogens (tertiary/aromatic N) is 3. The molecule has 2 heterocycles. The number of piperazine rings is 1. The summed E-state index contributed by atoms with van der Waals surface area (Å²) in [5, 5.41) is 3.39. The number of ether oxygens (including phenoxy) is 2. The Bertz CT molecular complexity index is 672. The molecule has 1 aromatic rings. The number of carbonyl (C=O) groups is 1. The molecule has 1 unspecified atom stereocenters. The molecule has 3 rings (SSSR count). The first-order valence-electron chi connectivity index (χ1n) is 10.2. The fraction of sp³-hybridized carbons (Fsp3) is 0.619. The standard InChI is InChI=1S/C21H32N4O3.HI/c1-3-22-21(23-15-17-7-4-5-8-18(17)16-27-2)25-12-10-24(11-13-25)20(26)19-9-6-14-28-19;/h4-5,7-8,19H,3,6,9-16H2,1-2H3,(H,22,23);1H. The number of benzene rings is 1. The molecule has 0 spiro atoms.